The predicted molar refractivity (Wildman–Crippen MR) is 125 cm³/mol. The minimum atomic E-state index is -1.78. The minimum absolute atomic E-state index is 0. The van der Waals surface area contributed by atoms with Gasteiger partial charge in [0.05, 0.1) is 0 Å². The summed E-state index contributed by atoms with van der Waals surface area (Å²) in [5.74, 6) is 0.608. The molecule has 0 aliphatic carbocycles. The van der Waals surface area contributed by atoms with E-state index in [4.69, 9.17) is 4.74 Å². The van der Waals surface area contributed by atoms with E-state index in [1.54, 1.807) is 4.90 Å². The van der Waals surface area contributed by atoms with Crippen molar-refractivity contribution in [2.45, 2.75) is 72.4 Å². The Morgan fingerprint density at radius 2 is 1.69 bits per heavy atom. The molecular formula is C22H37LiN2O2Si2. The van der Waals surface area contributed by atoms with Gasteiger partial charge in [-0.15, -0.1) is 16.6 Å². The van der Waals surface area contributed by atoms with Crippen LogP contribution < -0.4 is 28.8 Å². The normalized spacial score (nSPS) is 12.6. The van der Waals surface area contributed by atoms with Crippen LogP contribution in [0.25, 0.3) is 10.9 Å². The van der Waals surface area contributed by atoms with E-state index < -0.39 is 16.3 Å². The van der Waals surface area contributed by atoms with Crippen LogP contribution in [0, 0.1) is 6.07 Å². The number of carbonyl (C=O) groups excluding carboxylic acids is 1. The zero-order valence-electron chi connectivity index (χ0n) is 20.4. The van der Waals surface area contributed by atoms with Crippen LogP contribution in [0.1, 0.15) is 34.6 Å². The molecule has 29 heavy (non-hydrogen) atoms. The van der Waals surface area contributed by atoms with Crippen LogP contribution in [0.15, 0.2) is 18.3 Å². The van der Waals surface area contributed by atoms with Gasteiger partial charge < -0.3 is 13.9 Å². The maximum absolute atomic E-state index is 12.6. The third-order valence-electron chi connectivity index (χ3n) is 6.16. The van der Waals surface area contributed by atoms with Crippen LogP contribution in [0.5, 0.6) is 5.75 Å². The fourth-order valence-corrected chi connectivity index (χ4v) is 7.22. The summed E-state index contributed by atoms with van der Waals surface area (Å²) in [5, 5.41) is 2.62. The summed E-state index contributed by atoms with van der Waals surface area (Å²) >= 11 is 0. The Hall–Kier alpha value is -0.939. The first-order valence-electron chi connectivity index (χ1n) is 10.3. The van der Waals surface area contributed by atoms with Crippen LogP contribution in [0.3, 0.4) is 0 Å². The Kier molecular flexibility index (Phi) is 8.15. The number of hydrogen-bond donors (Lipinski definition) is 0. The van der Waals surface area contributed by atoms with Gasteiger partial charge in [0.2, 0.25) is 0 Å². The summed E-state index contributed by atoms with van der Waals surface area (Å²) in [5.41, 5.74) is 1.21. The first-order valence-corrected chi connectivity index (χ1v) is 16.7. The number of nitrogens with zero attached hydrogens (tertiary/aromatic N) is 2. The number of amides is 1. The molecule has 1 amide bonds. The van der Waals surface area contributed by atoms with Crippen molar-refractivity contribution in [3.63, 3.8) is 0 Å². The van der Waals surface area contributed by atoms with Crippen molar-refractivity contribution in [3.8, 4) is 5.75 Å². The van der Waals surface area contributed by atoms with Crippen molar-refractivity contribution < 1.29 is 28.4 Å². The van der Waals surface area contributed by atoms with E-state index in [0.29, 0.717) is 18.8 Å². The number of fused-ring (bicyclic) bond motifs is 1. The number of aromatic nitrogens is 1. The number of rotatable bonds is 5. The molecule has 2 aromatic rings. The van der Waals surface area contributed by atoms with Crippen LogP contribution in [-0.4, -0.2) is 44.6 Å². The van der Waals surface area contributed by atoms with E-state index in [9.17, 15) is 4.79 Å². The van der Waals surface area contributed by atoms with E-state index in [-0.39, 0.29) is 30.0 Å². The van der Waals surface area contributed by atoms with Crippen LogP contribution >= 0.6 is 0 Å². The Balaban J connectivity index is 0.00000420. The summed E-state index contributed by atoms with van der Waals surface area (Å²) in [4.78, 5) is 14.3. The topological polar surface area (TPSA) is 34.5 Å². The number of benzene rings is 1. The first kappa shape index (κ1) is 26.1. The molecule has 0 saturated heterocycles. The van der Waals surface area contributed by atoms with Gasteiger partial charge in [0.15, 0.2) is 0 Å². The summed E-state index contributed by atoms with van der Waals surface area (Å²) in [6.07, 6.45) is 1.94. The van der Waals surface area contributed by atoms with Gasteiger partial charge in [-0.25, -0.2) is 4.79 Å². The molecule has 0 bridgehead atoms. The molecule has 0 spiro atoms. The van der Waals surface area contributed by atoms with Crippen LogP contribution in [-0.2, 0) is 0 Å². The second-order valence-electron chi connectivity index (χ2n) is 10.1. The van der Waals surface area contributed by atoms with Crippen molar-refractivity contribution in [2.24, 2.45) is 0 Å². The van der Waals surface area contributed by atoms with E-state index in [0.717, 1.165) is 0 Å². The van der Waals surface area contributed by atoms with E-state index in [1.165, 1.54) is 16.1 Å². The van der Waals surface area contributed by atoms with Gasteiger partial charge in [0.25, 0.3) is 0 Å². The Morgan fingerprint density at radius 3 is 2.14 bits per heavy atom. The van der Waals surface area contributed by atoms with Gasteiger partial charge in [0.1, 0.15) is 8.24 Å². The molecule has 1 heterocycles. The van der Waals surface area contributed by atoms with Crippen molar-refractivity contribution in [2.75, 3.05) is 13.1 Å². The van der Waals surface area contributed by atoms with Crippen molar-refractivity contribution in [3.05, 3.63) is 24.4 Å². The van der Waals surface area contributed by atoms with Crippen molar-refractivity contribution >= 4 is 38.5 Å². The fraction of sp³-hybridized carbons (Fsp3) is 0.591. The number of ether oxygens (including phenoxy) is 1. The molecule has 1 aromatic heterocycles. The molecule has 0 unspecified atom stereocenters. The summed E-state index contributed by atoms with van der Waals surface area (Å²) < 4.78 is 8.34. The molecule has 0 atom stereocenters. The van der Waals surface area contributed by atoms with Gasteiger partial charge in [-0.1, -0.05) is 65.1 Å². The van der Waals surface area contributed by atoms with Gasteiger partial charge in [-0.05, 0) is 25.1 Å². The number of carbonyl (C=O) groups is 1. The van der Waals surface area contributed by atoms with Crippen LogP contribution in [0.4, 0.5) is 4.79 Å². The molecule has 0 aliphatic rings. The molecule has 0 aliphatic heterocycles. The maximum atomic E-state index is 12.6. The maximum Gasteiger partial charge on any atom is 1.00 e. The quantitative estimate of drug-likeness (QED) is 0.546. The van der Waals surface area contributed by atoms with Crippen molar-refractivity contribution in [1.82, 2.24) is 9.13 Å². The predicted octanol–water partition coefficient (Wildman–Crippen LogP) is 2.68. The molecular weight excluding hydrogens is 387 g/mol. The summed E-state index contributed by atoms with van der Waals surface area (Å²) in [6, 6.07) is 7.57. The molecule has 1 aromatic carbocycles. The Labute approximate surface area is 191 Å². The van der Waals surface area contributed by atoms with Crippen LogP contribution in [0.2, 0.25) is 37.8 Å². The molecule has 4 nitrogen and oxygen atoms in total. The molecule has 0 N–H and O–H groups in total. The SMILES string of the molecule is CCN(CC)C(=O)Oc1[c-]cc2c(ccn2[Si](C)(C)C(C)(C)C)c1[Si](C)(C)C.[Li+]. The first-order chi connectivity index (χ1) is 12.8. The summed E-state index contributed by atoms with van der Waals surface area (Å²) in [6.45, 7) is 23.9. The van der Waals surface area contributed by atoms with Gasteiger partial charge in [-0.2, -0.15) is 6.07 Å². The Bertz CT molecular complexity index is 860. The summed E-state index contributed by atoms with van der Waals surface area (Å²) in [7, 11) is -3.54. The zero-order chi connectivity index (χ0) is 21.5. The number of hydrogen-bond acceptors (Lipinski definition) is 2. The molecule has 7 heteroatoms. The molecule has 2 rings (SSSR count). The molecule has 156 valence electrons. The minimum Gasteiger partial charge on any atom is -0.437 e. The van der Waals surface area contributed by atoms with E-state index >= 15 is 0 Å². The fourth-order valence-electron chi connectivity index (χ4n) is 3.44. The third-order valence-corrected chi connectivity index (χ3v) is 13.4. The molecule has 0 radical (unpaired) electrons. The van der Waals surface area contributed by atoms with E-state index in [1.807, 2.05) is 19.9 Å². The van der Waals surface area contributed by atoms with Gasteiger partial charge in [0, 0.05) is 26.9 Å². The standard InChI is InChI=1S/C22H37N2O2Si2.Li/c1-11-23(12-2)21(25)26-19-14-13-18-17(20(19)27(6,7)8)15-16-24(18)28(9,10)22(3,4)5;/h13,15-16H,11-12H2,1-10H3;/q-1;+1. The zero-order valence-corrected chi connectivity index (χ0v) is 22.4. The second kappa shape index (κ2) is 9.05. The average Bonchev–Trinajstić information content (AvgIpc) is 2.97. The Morgan fingerprint density at radius 1 is 1.14 bits per heavy atom. The van der Waals surface area contributed by atoms with Gasteiger partial charge >= 0.3 is 25.0 Å². The smallest absolute Gasteiger partial charge is 0.437 e. The largest absolute Gasteiger partial charge is 1.00 e. The van der Waals surface area contributed by atoms with Crippen molar-refractivity contribution in [1.29, 1.82) is 0 Å². The molecule has 0 saturated carbocycles. The van der Waals surface area contributed by atoms with E-state index in [2.05, 4.69) is 76.1 Å². The van der Waals surface area contributed by atoms with Gasteiger partial charge in [-0.3, -0.25) is 0 Å². The second-order valence-corrected chi connectivity index (χ2v) is 20.2. The average molecular weight is 425 g/mol. The monoisotopic (exact) mass is 424 g/mol. The third kappa shape index (κ3) is 5.04. The molecule has 0 fully saturated rings.